The van der Waals surface area contributed by atoms with Gasteiger partial charge in [0.15, 0.2) is 11.5 Å². The molecule has 1 fully saturated rings. The van der Waals surface area contributed by atoms with Crippen LogP contribution in [0.5, 0.6) is 11.5 Å². The Labute approximate surface area is 185 Å². The molecule has 2 N–H and O–H groups in total. The lowest BCUT2D eigenvalue weighted by Gasteiger charge is -2.28. The van der Waals surface area contributed by atoms with Gasteiger partial charge in [-0.05, 0) is 63.4 Å². The molecular formula is C25H36N2O4. The second-order valence-electron chi connectivity index (χ2n) is 8.81. The van der Waals surface area contributed by atoms with Crippen LogP contribution in [0.15, 0.2) is 42.0 Å². The van der Waals surface area contributed by atoms with Crippen LogP contribution in [0.1, 0.15) is 38.2 Å². The summed E-state index contributed by atoms with van der Waals surface area (Å²) in [5, 5.41) is 14.1. The van der Waals surface area contributed by atoms with Crippen molar-refractivity contribution in [1.29, 1.82) is 0 Å². The molecule has 6 nitrogen and oxygen atoms in total. The predicted molar refractivity (Wildman–Crippen MR) is 122 cm³/mol. The fourth-order valence-electron chi connectivity index (χ4n) is 4.47. The van der Waals surface area contributed by atoms with Gasteiger partial charge in [0.25, 0.3) is 0 Å². The van der Waals surface area contributed by atoms with Crippen LogP contribution in [0.2, 0.25) is 0 Å². The fourth-order valence-corrected chi connectivity index (χ4v) is 4.47. The number of nitrogens with zero attached hydrogens (tertiary/aromatic N) is 1. The molecule has 0 amide bonds. The van der Waals surface area contributed by atoms with Gasteiger partial charge in [0.2, 0.25) is 0 Å². The Morgan fingerprint density at radius 2 is 2.00 bits per heavy atom. The van der Waals surface area contributed by atoms with E-state index in [9.17, 15) is 5.11 Å². The number of fused-ring (bicyclic) bond motifs is 1. The maximum absolute atomic E-state index is 10.7. The maximum atomic E-state index is 10.7. The van der Waals surface area contributed by atoms with Gasteiger partial charge in [0.05, 0.1) is 12.7 Å². The second kappa shape index (κ2) is 11.1. The molecule has 2 aliphatic heterocycles. The van der Waals surface area contributed by atoms with Gasteiger partial charge in [-0.1, -0.05) is 29.9 Å². The molecule has 0 aromatic heterocycles. The molecule has 1 aliphatic carbocycles. The first kappa shape index (κ1) is 22.3. The van der Waals surface area contributed by atoms with Gasteiger partial charge < -0.3 is 24.2 Å². The SMILES string of the molecule is CC1=CCC(OCCC(O)NC(Cc2ccc3c(c2)OCCO3)CN2CCCC2)C=C1. The van der Waals surface area contributed by atoms with Crippen molar-refractivity contribution in [1.82, 2.24) is 10.2 Å². The van der Waals surface area contributed by atoms with Crippen molar-refractivity contribution < 1.29 is 19.3 Å². The van der Waals surface area contributed by atoms with Gasteiger partial charge in [-0.25, -0.2) is 0 Å². The highest BCUT2D eigenvalue weighted by Gasteiger charge is 2.21. The normalized spacial score (nSPS) is 22.9. The Bertz CT molecular complexity index is 773. The molecule has 2 heterocycles. The lowest BCUT2D eigenvalue weighted by molar-refractivity contribution is 0.0348. The molecule has 6 heteroatoms. The van der Waals surface area contributed by atoms with E-state index in [1.54, 1.807) is 0 Å². The van der Waals surface area contributed by atoms with Crippen molar-refractivity contribution in [2.45, 2.75) is 57.4 Å². The molecule has 0 saturated carbocycles. The quantitative estimate of drug-likeness (QED) is 0.559. The van der Waals surface area contributed by atoms with E-state index in [1.165, 1.54) is 24.0 Å². The predicted octanol–water partition coefficient (Wildman–Crippen LogP) is 3.05. The van der Waals surface area contributed by atoms with Gasteiger partial charge in [-0.2, -0.15) is 0 Å². The lowest BCUT2D eigenvalue weighted by atomic mass is 10.0. The summed E-state index contributed by atoms with van der Waals surface area (Å²) in [5.74, 6) is 1.64. The number of benzene rings is 1. The number of rotatable bonds is 10. The minimum absolute atomic E-state index is 0.119. The summed E-state index contributed by atoms with van der Waals surface area (Å²) < 4.78 is 17.3. The van der Waals surface area contributed by atoms with Gasteiger partial charge >= 0.3 is 0 Å². The van der Waals surface area contributed by atoms with Crippen LogP contribution in [0.4, 0.5) is 0 Å². The molecule has 0 bridgehead atoms. The largest absolute Gasteiger partial charge is 0.486 e. The highest BCUT2D eigenvalue weighted by Crippen LogP contribution is 2.31. The number of ether oxygens (including phenoxy) is 3. The molecule has 3 unspecified atom stereocenters. The molecule has 0 spiro atoms. The minimum atomic E-state index is -0.588. The van der Waals surface area contributed by atoms with Crippen LogP contribution in [-0.4, -0.2) is 67.8 Å². The van der Waals surface area contributed by atoms with Crippen molar-refractivity contribution in [3.8, 4) is 11.5 Å². The summed E-state index contributed by atoms with van der Waals surface area (Å²) in [5.41, 5.74) is 2.48. The Morgan fingerprint density at radius 1 is 1.19 bits per heavy atom. The van der Waals surface area contributed by atoms with Crippen molar-refractivity contribution in [2.24, 2.45) is 0 Å². The first-order chi connectivity index (χ1) is 15.2. The van der Waals surface area contributed by atoms with E-state index >= 15 is 0 Å². The van der Waals surface area contributed by atoms with E-state index in [0.717, 1.165) is 44.0 Å². The summed E-state index contributed by atoms with van der Waals surface area (Å²) in [7, 11) is 0. The van der Waals surface area contributed by atoms with Gasteiger partial charge in [-0.15, -0.1) is 0 Å². The zero-order chi connectivity index (χ0) is 21.5. The van der Waals surface area contributed by atoms with Gasteiger partial charge in [0.1, 0.15) is 19.4 Å². The number of hydrogen-bond acceptors (Lipinski definition) is 6. The zero-order valence-corrected chi connectivity index (χ0v) is 18.6. The fraction of sp³-hybridized carbons (Fsp3) is 0.600. The molecule has 3 atom stereocenters. The first-order valence-electron chi connectivity index (χ1n) is 11.7. The average molecular weight is 429 g/mol. The Balaban J connectivity index is 1.29. The number of aliphatic hydroxyl groups is 1. The molecule has 1 aromatic carbocycles. The number of allylic oxidation sites excluding steroid dienone is 2. The molecule has 1 aromatic rings. The molecule has 0 radical (unpaired) electrons. The number of aliphatic hydroxyl groups excluding tert-OH is 1. The van der Waals surface area contributed by atoms with E-state index < -0.39 is 6.23 Å². The molecular weight excluding hydrogens is 392 g/mol. The van der Waals surface area contributed by atoms with Crippen molar-refractivity contribution in [3.63, 3.8) is 0 Å². The average Bonchev–Trinajstić information content (AvgIpc) is 3.28. The van der Waals surface area contributed by atoms with Crippen LogP contribution < -0.4 is 14.8 Å². The van der Waals surface area contributed by atoms with Crippen molar-refractivity contribution in [2.75, 3.05) is 39.5 Å². The van der Waals surface area contributed by atoms with Gasteiger partial charge in [-0.3, -0.25) is 5.32 Å². The number of nitrogens with one attached hydrogen (secondary N) is 1. The summed E-state index contributed by atoms with van der Waals surface area (Å²) in [6.45, 7) is 7.04. The molecule has 1 saturated heterocycles. The second-order valence-corrected chi connectivity index (χ2v) is 8.81. The van der Waals surface area contributed by atoms with Crippen molar-refractivity contribution in [3.05, 3.63) is 47.6 Å². The standard InChI is InChI=1S/C25H36N2O4/c1-19-4-7-22(8-5-19)29-13-10-25(28)26-21(18-27-11-2-3-12-27)16-20-6-9-23-24(17-20)31-15-14-30-23/h4-7,9,17,21-22,25-26,28H,2-3,8,10-16,18H2,1H3. The van der Waals surface area contributed by atoms with E-state index in [2.05, 4.69) is 47.5 Å². The number of likely N-dealkylation sites (tertiary alicyclic amines) is 1. The van der Waals surface area contributed by atoms with Crippen LogP contribution in [0.3, 0.4) is 0 Å². The molecule has 170 valence electrons. The summed E-state index contributed by atoms with van der Waals surface area (Å²) >= 11 is 0. The third kappa shape index (κ3) is 6.81. The Hall–Kier alpha value is -1.86. The lowest BCUT2D eigenvalue weighted by Crippen LogP contribution is -2.46. The number of hydrogen-bond donors (Lipinski definition) is 2. The monoisotopic (exact) mass is 428 g/mol. The topological polar surface area (TPSA) is 63.2 Å². The van der Waals surface area contributed by atoms with E-state index in [-0.39, 0.29) is 12.1 Å². The minimum Gasteiger partial charge on any atom is -0.486 e. The van der Waals surface area contributed by atoms with Crippen LogP contribution >= 0.6 is 0 Å². The zero-order valence-electron chi connectivity index (χ0n) is 18.6. The van der Waals surface area contributed by atoms with E-state index in [0.29, 0.717) is 26.2 Å². The Morgan fingerprint density at radius 3 is 2.77 bits per heavy atom. The van der Waals surface area contributed by atoms with Crippen LogP contribution in [0.25, 0.3) is 0 Å². The van der Waals surface area contributed by atoms with Gasteiger partial charge in [0, 0.05) is 19.0 Å². The smallest absolute Gasteiger partial charge is 0.161 e. The molecule has 3 aliphatic rings. The summed E-state index contributed by atoms with van der Waals surface area (Å²) in [6, 6.07) is 6.34. The first-order valence-corrected chi connectivity index (χ1v) is 11.7. The highest BCUT2D eigenvalue weighted by molar-refractivity contribution is 5.44. The van der Waals surface area contributed by atoms with Crippen LogP contribution in [-0.2, 0) is 11.2 Å². The molecule has 31 heavy (non-hydrogen) atoms. The Kier molecular flexibility index (Phi) is 8.03. The maximum Gasteiger partial charge on any atom is 0.161 e. The third-order valence-corrected chi connectivity index (χ3v) is 6.16. The summed E-state index contributed by atoms with van der Waals surface area (Å²) in [6.07, 6.45) is 10.8. The third-order valence-electron chi connectivity index (χ3n) is 6.16. The van der Waals surface area contributed by atoms with E-state index in [1.807, 2.05) is 6.07 Å². The molecule has 4 rings (SSSR count). The van der Waals surface area contributed by atoms with Crippen molar-refractivity contribution >= 4 is 0 Å². The van der Waals surface area contributed by atoms with Crippen LogP contribution in [0, 0.1) is 0 Å². The van der Waals surface area contributed by atoms with E-state index in [4.69, 9.17) is 14.2 Å². The highest BCUT2D eigenvalue weighted by atomic mass is 16.6. The summed E-state index contributed by atoms with van der Waals surface area (Å²) in [4.78, 5) is 2.49.